The first-order valence-corrected chi connectivity index (χ1v) is 20.7. The van der Waals surface area contributed by atoms with E-state index >= 15 is 0 Å². The molecule has 4 aromatic carbocycles. The number of rotatable bonds is 6. The molecule has 2 unspecified atom stereocenters. The van der Waals surface area contributed by atoms with Gasteiger partial charge in [0.2, 0.25) is 0 Å². The van der Waals surface area contributed by atoms with Crippen molar-refractivity contribution in [2.24, 2.45) is 0 Å². The molecule has 10 heteroatoms. The van der Waals surface area contributed by atoms with Gasteiger partial charge in [0.25, 0.3) is 0 Å². The summed E-state index contributed by atoms with van der Waals surface area (Å²) in [7, 11) is 0. The van der Waals surface area contributed by atoms with E-state index in [1.54, 1.807) is 38.6 Å². The average molecular weight is 1200 g/mol. The van der Waals surface area contributed by atoms with Gasteiger partial charge in [-0.3, -0.25) is 15.0 Å². The Hall–Kier alpha value is -5.70. The number of hydrogen-bond acceptors (Lipinski definition) is 8. The van der Waals surface area contributed by atoms with Crippen molar-refractivity contribution in [3.05, 3.63) is 194 Å². The summed E-state index contributed by atoms with van der Waals surface area (Å²) in [5.41, 5.74) is 12.5. The van der Waals surface area contributed by atoms with Gasteiger partial charge in [0.15, 0.2) is 0 Å². The number of aromatic nitrogens is 6. The Morgan fingerprint density at radius 2 is 1.09 bits per heavy atom. The van der Waals surface area contributed by atoms with E-state index in [2.05, 4.69) is 136 Å². The van der Waals surface area contributed by atoms with Crippen molar-refractivity contribution in [1.29, 1.82) is 0 Å². The molecule has 0 aliphatic heterocycles. The minimum Gasteiger partial charge on any atom is -0.393 e. The summed E-state index contributed by atoms with van der Waals surface area (Å²) in [6.07, 6.45) is 8.61. The van der Waals surface area contributed by atoms with Crippen LogP contribution in [0.1, 0.15) is 52.4 Å². The summed E-state index contributed by atoms with van der Waals surface area (Å²) in [6, 6.07) is 53.2. The third-order valence-corrected chi connectivity index (χ3v) is 9.75. The molecule has 2 N–H and O–H groups in total. The number of aliphatic hydroxyl groups is 2. The van der Waals surface area contributed by atoms with Crippen molar-refractivity contribution in [1.82, 2.24) is 29.9 Å². The molecule has 5 aromatic heterocycles. The number of benzene rings is 4. The second-order valence-corrected chi connectivity index (χ2v) is 15.8. The first-order valence-electron chi connectivity index (χ1n) is 20.7. The Balaban J connectivity index is 0.000000205. The molecule has 0 aliphatic rings. The van der Waals surface area contributed by atoms with Crippen molar-refractivity contribution < 1.29 is 50.4 Å². The molecule has 9 rings (SSSR count). The van der Waals surface area contributed by atoms with E-state index in [-0.39, 0.29) is 57.8 Å². The van der Waals surface area contributed by atoms with Crippen molar-refractivity contribution in [3.8, 4) is 44.8 Å². The van der Waals surface area contributed by atoms with Crippen LogP contribution in [0, 0.1) is 19.1 Å². The van der Waals surface area contributed by atoms with Crippen LogP contribution in [0.25, 0.3) is 66.6 Å². The molecule has 0 fully saturated rings. The SMILES string of the molecule is CC(O)CC(C)O.Cc1ncc[c-]c1-c1cc(C(C)(C)C)ncn1.[Ir].[Ir].[c-]1ccccc1-c1ccccn1.c1ccc(-c2ccnc3c2ccc2c(-c4ccccc4)ccnc23)cc1. The zero-order valence-corrected chi connectivity index (χ0v) is 41.6. The second kappa shape index (κ2) is 25.0. The smallest absolute Gasteiger partial charge is 0.105 e. The van der Waals surface area contributed by atoms with Gasteiger partial charge in [0.05, 0.1) is 23.2 Å². The van der Waals surface area contributed by atoms with Crippen molar-refractivity contribution in [3.63, 3.8) is 0 Å². The summed E-state index contributed by atoms with van der Waals surface area (Å²) < 4.78 is 0. The van der Waals surface area contributed by atoms with E-state index in [1.807, 2.05) is 80.0 Å². The molecule has 0 spiro atoms. The zero-order valence-electron chi connectivity index (χ0n) is 36.8. The fourth-order valence-corrected chi connectivity index (χ4v) is 6.74. The van der Waals surface area contributed by atoms with Gasteiger partial charge in [-0.1, -0.05) is 125 Å². The normalized spacial score (nSPS) is 11.4. The van der Waals surface area contributed by atoms with Crippen LogP contribution in [0.4, 0.5) is 0 Å². The summed E-state index contributed by atoms with van der Waals surface area (Å²) in [5, 5.41) is 19.4. The second-order valence-electron chi connectivity index (χ2n) is 15.8. The predicted octanol–water partition coefficient (Wildman–Crippen LogP) is 11.7. The summed E-state index contributed by atoms with van der Waals surface area (Å²) in [5.74, 6) is 0. The first-order chi connectivity index (χ1) is 30.0. The molecule has 0 saturated heterocycles. The van der Waals surface area contributed by atoms with E-state index in [9.17, 15) is 0 Å². The first kappa shape index (κ1) is 50.9. The van der Waals surface area contributed by atoms with E-state index in [0.717, 1.165) is 55.7 Å². The molecule has 64 heavy (non-hydrogen) atoms. The molecular weight excluding hydrogens is 1150 g/mol. The minimum absolute atomic E-state index is 0. The Morgan fingerprint density at radius 3 is 1.56 bits per heavy atom. The molecule has 330 valence electrons. The minimum atomic E-state index is -0.375. The van der Waals surface area contributed by atoms with E-state index < -0.39 is 0 Å². The van der Waals surface area contributed by atoms with Gasteiger partial charge >= 0.3 is 0 Å². The van der Waals surface area contributed by atoms with E-state index in [1.165, 1.54) is 22.3 Å². The maximum Gasteiger partial charge on any atom is 0.105 e. The van der Waals surface area contributed by atoms with Gasteiger partial charge in [-0.05, 0) is 77.8 Å². The number of nitrogens with zero attached hydrogens (tertiary/aromatic N) is 6. The number of aryl methyl sites for hydroxylation is 1. The molecule has 2 radical (unpaired) electrons. The Bertz CT molecular complexity index is 2630. The van der Waals surface area contributed by atoms with Crippen LogP contribution in [0.3, 0.4) is 0 Å². The van der Waals surface area contributed by atoms with Crippen LogP contribution >= 0.6 is 0 Å². The number of aliphatic hydroxyl groups excluding tert-OH is 2. The maximum atomic E-state index is 8.56. The number of pyridine rings is 4. The summed E-state index contributed by atoms with van der Waals surface area (Å²) in [6.45, 7) is 11.7. The molecule has 2 atom stereocenters. The molecule has 0 amide bonds. The molecule has 8 nitrogen and oxygen atoms in total. The van der Waals surface area contributed by atoms with E-state index in [4.69, 9.17) is 10.2 Å². The average Bonchev–Trinajstić information content (AvgIpc) is 3.30. The molecule has 5 heterocycles. The van der Waals surface area contributed by atoms with Crippen LogP contribution in [-0.2, 0) is 45.6 Å². The fraction of sp³-hybridized carbons (Fsp3) is 0.185. The van der Waals surface area contributed by atoms with Crippen molar-refractivity contribution in [2.45, 2.75) is 65.6 Å². The number of hydrogen-bond donors (Lipinski definition) is 2. The van der Waals surface area contributed by atoms with Crippen LogP contribution in [0.5, 0.6) is 0 Å². The van der Waals surface area contributed by atoms with Gasteiger partial charge in [-0.2, -0.15) is 0 Å². The Morgan fingerprint density at radius 1 is 0.531 bits per heavy atom. The van der Waals surface area contributed by atoms with Crippen LogP contribution in [0.15, 0.2) is 171 Å². The van der Waals surface area contributed by atoms with Gasteiger partial charge in [-0.15, -0.1) is 53.6 Å². The summed E-state index contributed by atoms with van der Waals surface area (Å²) in [4.78, 5) is 26.4. The molecule has 0 bridgehead atoms. The fourth-order valence-electron chi connectivity index (χ4n) is 6.74. The standard InChI is InChI=1S/C24H16N2.C14H16N3.C11H8N.C5H12O2.2Ir/c1-3-7-17(8-4-1)19-13-15-25-23-21(19)11-12-22-20(14-16-26-24(22)23)18-9-5-2-6-10-18;1-10-11(6-5-7-15-10)12-8-13(14(2,3)4)17-9-16-12;1-2-6-10(7-3-1)11-8-4-5-9-12-11;1-4(6)3-5(2)7;;/h1-16H;5,7-9H,1-4H3;1-6,8-9H;4-7H,3H2,1-2H3;;/q;2*-1;;;. The molecule has 0 aliphatic carbocycles. The molecule has 9 aromatic rings. The Labute approximate surface area is 404 Å². The zero-order chi connectivity index (χ0) is 43.9. The van der Waals surface area contributed by atoms with Crippen LogP contribution in [-0.4, -0.2) is 52.3 Å². The maximum absolute atomic E-state index is 8.56. The van der Waals surface area contributed by atoms with Crippen LogP contribution in [0.2, 0.25) is 0 Å². The van der Waals surface area contributed by atoms with Gasteiger partial charge in [-0.25, -0.2) is 4.98 Å². The Kier molecular flexibility index (Phi) is 19.9. The molecule has 0 saturated carbocycles. The summed E-state index contributed by atoms with van der Waals surface area (Å²) >= 11 is 0. The third-order valence-electron chi connectivity index (χ3n) is 9.75. The van der Waals surface area contributed by atoms with Crippen molar-refractivity contribution >= 4 is 21.8 Å². The third kappa shape index (κ3) is 14.2. The molecular formula is C54H52Ir2N6O2-2. The monoisotopic (exact) mass is 1200 g/mol. The van der Waals surface area contributed by atoms with Gasteiger partial charge < -0.3 is 20.2 Å². The van der Waals surface area contributed by atoms with Gasteiger partial charge in [0, 0.05) is 80.7 Å². The number of fused-ring (bicyclic) bond motifs is 3. The van der Waals surface area contributed by atoms with E-state index in [0.29, 0.717) is 6.42 Å². The topological polar surface area (TPSA) is 118 Å². The quantitative estimate of drug-likeness (QED) is 0.125. The van der Waals surface area contributed by atoms with Crippen LogP contribution < -0.4 is 0 Å². The van der Waals surface area contributed by atoms with Crippen molar-refractivity contribution in [2.75, 3.05) is 0 Å². The largest absolute Gasteiger partial charge is 0.393 e. The van der Waals surface area contributed by atoms with Gasteiger partial charge in [0.1, 0.15) is 6.33 Å². The predicted molar refractivity (Wildman–Crippen MR) is 252 cm³/mol.